The van der Waals surface area contributed by atoms with E-state index < -0.39 is 0 Å². The number of hydrogen-bond acceptors (Lipinski definition) is 2. The first kappa shape index (κ1) is 17.1. The smallest absolute Gasteiger partial charge is 0.133 e. The summed E-state index contributed by atoms with van der Waals surface area (Å²) in [4.78, 5) is 3.33. The van der Waals surface area contributed by atoms with Crippen molar-refractivity contribution in [1.82, 2.24) is 10.3 Å². The summed E-state index contributed by atoms with van der Waals surface area (Å²) in [5, 5.41) is 4.83. The maximum Gasteiger partial charge on any atom is 0.133 e. The van der Waals surface area contributed by atoms with Crippen LogP contribution >= 0.6 is 15.9 Å². The average Bonchev–Trinajstić information content (AvgIpc) is 2.97. The van der Waals surface area contributed by atoms with Gasteiger partial charge in [0.25, 0.3) is 0 Å². The Kier molecular flexibility index (Phi) is 5.59. The summed E-state index contributed by atoms with van der Waals surface area (Å²) in [6.07, 6.45) is 3.31. The molecule has 0 aliphatic rings. The summed E-state index contributed by atoms with van der Waals surface area (Å²) >= 11 is 3.59. The van der Waals surface area contributed by atoms with Crippen molar-refractivity contribution in [2.24, 2.45) is 0 Å². The fourth-order valence-corrected chi connectivity index (χ4v) is 3.32. The number of nitrogens with one attached hydrogen (secondary N) is 2. The molecule has 1 aromatic heterocycles. The van der Waals surface area contributed by atoms with Gasteiger partial charge in [0.05, 0.1) is 10.6 Å². The van der Waals surface area contributed by atoms with E-state index in [-0.39, 0.29) is 6.10 Å². The normalized spacial score (nSPS) is 11.3. The SMILES string of the molecule is CC(C)Oc1ccc(CNCCc2c[nH]c3ccccc23)cc1Br. The highest BCUT2D eigenvalue weighted by molar-refractivity contribution is 9.10. The molecular formula is C20H23BrN2O. The van der Waals surface area contributed by atoms with Crippen LogP contribution in [0.2, 0.25) is 0 Å². The van der Waals surface area contributed by atoms with Gasteiger partial charge in [-0.2, -0.15) is 0 Å². The number of fused-ring (bicyclic) bond motifs is 1. The fraction of sp³-hybridized carbons (Fsp3) is 0.300. The van der Waals surface area contributed by atoms with Crippen LogP contribution in [0.25, 0.3) is 10.9 Å². The Morgan fingerprint density at radius 2 is 2.00 bits per heavy atom. The number of benzene rings is 2. The Morgan fingerprint density at radius 1 is 1.17 bits per heavy atom. The third kappa shape index (κ3) is 4.19. The van der Waals surface area contributed by atoms with E-state index in [4.69, 9.17) is 4.74 Å². The Bertz CT molecular complexity index is 810. The number of para-hydroxylation sites is 1. The highest BCUT2D eigenvalue weighted by Crippen LogP contribution is 2.27. The zero-order valence-electron chi connectivity index (χ0n) is 14.1. The molecule has 2 aromatic carbocycles. The molecule has 0 saturated carbocycles. The van der Waals surface area contributed by atoms with Gasteiger partial charge in [-0.15, -0.1) is 0 Å². The number of aromatic amines is 1. The quantitative estimate of drug-likeness (QED) is 0.557. The van der Waals surface area contributed by atoms with E-state index >= 15 is 0 Å². The Balaban J connectivity index is 1.52. The van der Waals surface area contributed by atoms with Gasteiger partial charge in [0, 0.05) is 23.6 Å². The second kappa shape index (κ2) is 7.86. The third-order valence-corrected chi connectivity index (χ3v) is 4.55. The molecule has 3 aromatic rings. The molecule has 0 atom stereocenters. The van der Waals surface area contributed by atoms with E-state index in [1.807, 2.05) is 19.9 Å². The van der Waals surface area contributed by atoms with Gasteiger partial charge in [-0.05, 0) is 72.1 Å². The van der Waals surface area contributed by atoms with Crippen molar-refractivity contribution in [2.45, 2.75) is 32.9 Å². The van der Waals surface area contributed by atoms with Crippen molar-refractivity contribution in [3.8, 4) is 5.75 Å². The van der Waals surface area contributed by atoms with Crippen molar-refractivity contribution >= 4 is 26.8 Å². The van der Waals surface area contributed by atoms with E-state index in [1.165, 1.54) is 22.0 Å². The lowest BCUT2D eigenvalue weighted by Crippen LogP contribution is -2.16. The molecule has 3 nitrogen and oxygen atoms in total. The van der Waals surface area contributed by atoms with E-state index in [2.05, 4.69) is 68.8 Å². The third-order valence-electron chi connectivity index (χ3n) is 3.93. The predicted molar refractivity (Wildman–Crippen MR) is 104 cm³/mol. The molecule has 2 N–H and O–H groups in total. The molecule has 0 saturated heterocycles. The van der Waals surface area contributed by atoms with E-state index in [9.17, 15) is 0 Å². The molecule has 0 amide bonds. The summed E-state index contributed by atoms with van der Waals surface area (Å²) in [6.45, 7) is 5.87. The first-order chi connectivity index (χ1) is 11.6. The highest BCUT2D eigenvalue weighted by atomic mass is 79.9. The zero-order valence-corrected chi connectivity index (χ0v) is 15.7. The van der Waals surface area contributed by atoms with Crippen LogP contribution in [0.1, 0.15) is 25.0 Å². The van der Waals surface area contributed by atoms with Gasteiger partial charge in [0.1, 0.15) is 5.75 Å². The highest BCUT2D eigenvalue weighted by Gasteiger charge is 2.05. The number of halogens is 1. The molecule has 24 heavy (non-hydrogen) atoms. The number of ether oxygens (including phenoxy) is 1. The first-order valence-electron chi connectivity index (χ1n) is 8.34. The minimum atomic E-state index is 0.182. The Labute approximate surface area is 151 Å². The average molecular weight is 387 g/mol. The van der Waals surface area contributed by atoms with Gasteiger partial charge >= 0.3 is 0 Å². The van der Waals surface area contributed by atoms with Crippen LogP contribution in [0.5, 0.6) is 5.75 Å². The fourth-order valence-electron chi connectivity index (χ4n) is 2.80. The van der Waals surface area contributed by atoms with Crippen LogP contribution in [-0.4, -0.2) is 17.6 Å². The van der Waals surface area contributed by atoms with Gasteiger partial charge < -0.3 is 15.0 Å². The summed E-state index contributed by atoms with van der Waals surface area (Å²) < 4.78 is 6.75. The molecule has 0 unspecified atom stereocenters. The van der Waals surface area contributed by atoms with Crippen LogP contribution < -0.4 is 10.1 Å². The lowest BCUT2D eigenvalue weighted by molar-refractivity contribution is 0.241. The van der Waals surface area contributed by atoms with Crippen LogP contribution in [0.15, 0.2) is 53.1 Å². The largest absolute Gasteiger partial charge is 0.490 e. The van der Waals surface area contributed by atoms with Crippen LogP contribution in [-0.2, 0) is 13.0 Å². The summed E-state index contributed by atoms with van der Waals surface area (Å²) in [6, 6.07) is 14.7. The monoisotopic (exact) mass is 386 g/mol. The number of rotatable bonds is 7. The molecule has 0 aliphatic heterocycles. The molecule has 0 aliphatic carbocycles. The molecule has 126 valence electrons. The number of H-pyrrole nitrogens is 1. The minimum absolute atomic E-state index is 0.182. The lowest BCUT2D eigenvalue weighted by Gasteiger charge is -2.12. The molecule has 0 spiro atoms. The van der Waals surface area contributed by atoms with Crippen LogP contribution in [0, 0.1) is 0 Å². The molecule has 0 bridgehead atoms. The zero-order chi connectivity index (χ0) is 16.9. The van der Waals surface area contributed by atoms with E-state index in [1.54, 1.807) is 0 Å². The maximum absolute atomic E-state index is 5.74. The van der Waals surface area contributed by atoms with Crippen molar-refractivity contribution in [3.05, 3.63) is 64.3 Å². The number of aromatic nitrogens is 1. The molecular weight excluding hydrogens is 364 g/mol. The standard InChI is InChI=1S/C20H23BrN2O/c1-14(2)24-20-8-7-15(11-18(20)21)12-22-10-9-16-13-23-19-6-4-3-5-17(16)19/h3-8,11,13-14,22-23H,9-10,12H2,1-2H3. The van der Waals surface area contributed by atoms with Crippen LogP contribution in [0.4, 0.5) is 0 Å². The van der Waals surface area contributed by atoms with Crippen molar-refractivity contribution in [1.29, 1.82) is 0 Å². The van der Waals surface area contributed by atoms with E-state index in [0.717, 1.165) is 29.7 Å². The number of hydrogen-bond donors (Lipinski definition) is 2. The molecule has 4 heteroatoms. The topological polar surface area (TPSA) is 37.0 Å². The Morgan fingerprint density at radius 3 is 2.79 bits per heavy atom. The van der Waals surface area contributed by atoms with Gasteiger partial charge in [0.15, 0.2) is 0 Å². The van der Waals surface area contributed by atoms with Gasteiger partial charge in [-0.3, -0.25) is 0 Å². The summed E-state index contributed by atoms with van der Waals surface area (Å²) in [5.41, 5.74) is 3.81. The minimum Gasteiger partial charge on any atom is -0.490 e. The van der Waals surface area contributed by atoms with Gasteiger partial charge in [-0.1, -0.05) is 24.3 Å². The molecule has 0 radical (unpaired) electrons. The predicted octanol–water partition coefficient (Wildman–Crippen LogP) is 5.05. The van der Waals surface area contributed by atoms with Gasteiger partial charge in [-0.25, -0.2) is 0 Å². The van der Waals surface area contributed by atoms with Crippen molar-refractivity contribution < 1.29 is 4.74 Å². The van der Waals surface area contributed by atoms with Crippen molar-refractivity contribution in [2.75, 3.05) is 6.54 Å². The lowest BCUT2D eigenvalue weighted by atomic mass is 10.1. The summed E-state index contributed by atoms with van der Waals surface area (Å²) in [5.74, 6) is 0.896. The van der Waals surface area contributed by atoms with Crippen LogP contribution in [0.3, 0.4) is 0 Å². The van der Waals surface area contributed by atoms with Crippen molar-refractivity contribution in [3.63, 3.8) is 0 Å². The summed E-state index contributed by atoms with van der Waals surface area (Å²) in [7, 11) is 0. The second-order valence-electron chi connectivity index (χ2n) is 6.22. The second-order valence-corrected chi connectivity index (χ2v) is 7.07. The molecule has 3 rings (SSSR count). The first-order valence-corrected chi connectivity index (χ1v) is 9.13. The molecule has 1 heterocycles. The Hall–Kier alpha value is -1.78. The maximum atomic E-state index is 5.74. The van der Waals surface area contributed by atoms with E-state index in [0.29, 0.717) is 0 Å². The van der Waals surface area contributed by atoms with Gasteiger partial charge in [0.2, 0.25) is 0 Å². The molecule has 0 fully saturated rings.